The van der Waals surface area contributed by atoms with Crippen molar-refractivity contribution in [3.8, 4) is 0 Å². The van der Waals surface area contributed by atoms with Gasteiger partial charge in [-0.05, 0) is 17.7 Å². The molecule has 7 nitrogen and oxygen atoms in total. The molecule has 0 atom stereocenters. The Morgan fingerprint density at radius 1 is 1.33 bits per heavy atom. The lowest BCUT2D eigenvalue weighted by Gasteiger charge is -2.24. The molecule has 0 amide bonds. The molecule has 3 N–H and O–H groups in total. The van der Waals surface area contributed by atoms with Crippen molar-refractivity contribution < 1.29 is 4.39 Å². The summed E-state index contributed by atoms with van der Waals surface area (Å²) in [6.45, 7) is 0.472. The molecule has 122 valence electrons. The van der Waals surface area contributed by atoms with E-state index in [1.165, 1.54) is 17.1 Å². The lowest BCUT2D eigenvalue weighted by atomic mass is 10.2. The third-order valence-corrected chi connectivity index (χ3v) is 3.83. The van der Waals surface area contributed by atoms with E-state index in [9.17, 15) is 4.39 Å². The average molecular weight is 325 g/mol. The summed E-state index contributed by atoms with van der Waals surface area (Å²) in [5.74, 6) is 5.55. The summed E-state index contributed by atoms with van der Waals surface area (Å²) in [4.78, 5) is 4.42. The van der Waals surface area contributed by atoms with E-state index in [-0.39, 0.29) is 5.82 Å². The van der Waals surface area contributed by atoms with Gasteiger partial charge < -0.3 is 0 Å². The van der Waals surface area contributed by atoms with Gasteiger partial charge in [0.1, 0.15) is 23.5 Å². The van der Waals surface area contributed by atoms with Crippen LogP contribution in [0, 0.1) is 5.82 Å². The van der Waals surface area contributed by atoms with Crippen molar-refractivity contribution in [2.45, 2.75) is 6.54 Å². The molecule has 24 heavy (non-hydrogen) atoms. The molecule has 2 aliphatic rings. The van der Waals surface area contributed by atoms with Crippen LogP contribution in [0.5, 0.6) is 0 Å². The van der Waals surface area contributed by atoms with Gasteiger partial charge in [0.25, 0.3) is 0 Å². The zero-order valence-electron chi connectivity index (χ0n) is 13.0. The highest BCUT2D eigenvalue weighted by Gasteiger charge is 2.30. The normalized spacial score (nSPS) is 16.4. The van der Waals surface area contributed by atoms with Crippen LogP contribution >= 0.6 is 0 Å². The fourth-order valence-electron chi connectivity index (χ4n) is 2.76. The van der Waals surface area contributed by atoms with E-state index in [2.05, 4.69) is 15.5 Å². The van der Waals surface area contributed by atoms with E-state index in [1.54, 1.807) is 29.5 Å². The highest BCUT2D eigenvalue weighted by atomic mass is 19.1. The number of nitrogens with one attached hydrogen (secondary N) is 1. The molecule has 0 fully saturated rings. The van der Waals surface area contributed by atoms with Gasteiger partial charge >= 0.3 is 0 Å². The standard InChI is InChI=1S/C16H16FN7/c1-22-8-12(6-20-22)15-16-14(9-23(18)10-19-16)24(21-15)7-11-3-2-4-13(17)5-11/h2-6,8-10,21H,7,18H2,1H3. The Morgan fingerprint density at radius 2 is 2.21 bits per heavy atom. The minimum Gasteiger partial charge on any atom is -0.295 e. The number of fused-ring (bicyclic) bond motifs is 1. The van der Waals surface area contributed by atoms with Crippen molar-refractivity contribution in [3.05, 3.63) is 71.2 Å². The van der Waals surface area contributed by atoms with Gasteiger partial charge in [-0.25, -0.2) is 15.2 Å². The van der Waals surface area contributed by atoms with Gasteiger partial charge in [0.2, 0.25) is 0 Å². The quantitative estimate of drug-likeness (QED) is 0.832. The zero-order valence-corrected chi connectivity index (χ0v) is 13.0. The van der Waals surface area contributed by atoms with Gasteiger partial charge in [0, 0.05) is 25.0 Å². The fraction of sp³-hybridized carbons (Fsp3) is 0.125. The molecular weight excluding hydrogens is 309 g/mol. The predicted octanol–water partition coefficient (Wildman–Crippen LogP) is 1.31. The van der Waals surface area contributed by atoms with Crippen LogP contribution in [0.1, 0.15) is 11.1 Å². The van der Waals surface area contributed by atoms with Crippen molar-refractivity contribution in [1.29, 1.82) is 0 Å². The van der Waals surface area contributed by atoms with Crippen molar-refractivity contribution >= 4 is 12.0 Å². The number of nitrogens with two attached hydrogens (primary N) is 1. The van der Waals surface area contributed by atoms with Gasteiger partial charge in [-0.3, -0.25) is 20.1 Å². The molecule has 0 bridgehead atoms. The minimum atomic E-state index is -0.261. The first-order valence-electron chi connectivity index (χ1n) is 7.41. The summed E-state index contributed by atoms with van der Waals surface area (Å²) >= 11 is 0. The number of hydrazine groups is 2. The van der Waals surface area contributed by atoms with E-state index >= 15 is 0 Å². The number of aryl methyl sites for hydroxylation is 1. The second-order valence-corrected chi connectivity index (χ2v) is 5.66. The molecule has 2 aliphatic heterocycles. The predicted molar refractivity (Wildman–Crippen MR) is 87.8 cm³/mol. The molecule has 4 rings (SSSR count). The van der Waals surface area contributed by atoms with Crippen molar-refractivity contribution in [2.24, 2.45) is 17.9 Å². The number of rotatable bonds is 3. The third-order valence-electron chi connectivity index (χ3n) is 3.83. The summed E-state index contributed by atoms with van der Waals surface area (Å²) in [5.41, 5.74) is 7.53. The molecule has 2 aromatic rings. The lowest BCUT2D eigenvalue weighted by Crippen LogP contribution is -2.33. The molecule has 8 heteroatoms. The van der Waals surface area contributed by atoms with Crippen molar-refractivity contribution in [1.82, 2.24) is 25.2 Å². The highest BCUT2D eigenvalue weighted by Crippen LogP contribution is 2.33. The maximum Gasteiger partial charge on any atom is 0.123 e. The monoisotopic (exact) mass is 325 g/mol. The minimum absolute atomic E-state index is 0.261. The summed E-state index contributed by atoms with van der Waals surface area (Å²) in [7, 11) is 1.86. The van der Waals surface area contributed by atoms with E-state index in [4.69, 9.17) is 5.84 Å². The number of benzene rings is 1. The van der Waals surface area contributed by atoms with E-state index < -0.39 is 0 Å². The Bertz CT molecular complexity index is 880. The number of aliphatic imine (C=N–C) groups is 1. The first-order valence-corrected chi connectivity index (χ1v) is 7.41. The Kier molecular flexibility index (Phi) is 3.31. The van der Waals surface area contributed by atoms with Gasteiger partial charge in [0.05, 0.1) is 18.4 Å². The maximum atomic E-state index is 13.5. The summed E-state index contributed by atoms with van der Waals surface area (Å²) < 4.78 is 15.2. The van der Waals surface area contributed by atoms with Gasteiger partial charge in [-0.1, -0.05) is 12.1 Å². The zero-order chi connectivity index (χ0) is 16.7. The summed E-state index contributed by atoms with van der Waals surface area (Å²) in [6, 6.07) is 6.51. The van der Waals surface area contributed by atoms with Crippen LogP contribution in [0.25, 0.3) is 5.70 Å². The average Bonchev–Trinajstić information content (AvgIpc) is 3.12. The van der Waals surface area contributed by atoms with Crippen LogP contribution in [-0.2, 0) is 13.6 Å². The molecule has 0 unspecified atom stereocenters. The van der Waals surface area contributed by atoms with Gasteiger partial charge in [0.15, 0.2) is 0 Å². The SMILES string of the molecule is Cn1cc(C2=C3N=CN(N)C=C3N(Cc3cccc(F)c3)N2)cn1. The smallest absolute Gasteiger partial charge is 0.123 e. The largest absolute Gasteiger partial charge is 0.295 e. The topological polar surface area (TPSA) is 74.7 Å². The third kappa shape index (κ3) is 2.52. The maximum absolute atomic E-state index is 13.5. The molecule has 0 saturated heterocycles. The van der Waals surface area contributed by atoms with Crippen LogP contribution in [0.15, 0.2) is 59.2 Å². The first kappa shape index (κ1) is 14.5. The number of hydrogen-bond acceptors (Lipinski definition) is 6. The molecular formula is C16H16FN7. The Morgan fingerprint density at radius 3 is 2.96 bits per heavy atom. The molecule has 1 aromatic heterocycles. The van der Waals surface area contributed by atoms with Crippen molar-refractivity contribution in [3.63, 3.8) is 0 Å². The second-order valence-electron chi connectivity index (χ2n) is 5.66. The molecule has 0 spiro atoms. The van der Waals surface area contributed by atoms with Crippen LogP contribution in [0.2, 0.25) is 0 Å². The number of hydrogen-bond donors (Lipinski definition) is 2. The Labute approximate surface area is 138 Å². The molecule has 0 radical (unpaired) electrons. The molecule has 1 aromatic carbocycles. The van der Waals surface area contributed by atoms with Crippen molar-refractivity contribution in [2.75, 3.05) is 0 Å². The van der Waals surface area contributed by atoms with Crippen LogP contribution in [0.4, 0.5) is 4.39 Å². The van der Waals surface area contributed by atoms with E-state index in [0.29, 0.717) is 6.54 Å². The number of halogens is 1. The van der Waals surface area contributed by atoms with Gasteiger partial charge in [-0.2, -0.15) is 5.10 Å². The van der Waals surface area contributed by atoms with Crippen LogP contribution < -0.4 is 11.3 Å². The Hall–Kier alpha value is -3.13. The summed E-state index contributed by atoms with van der Waals surface area (Å²) in [6.07, 6.45) is 6.99. The lowest BCUT2D eigenvalue weighted by molar-refractivity contribution is 0.302. The van der Waals surface area contributed by atoms with E-state index in [0.717, 1.165) is 28.2 Å². The Balaban J connectivity index is 1.69. The second kappa shape index (κ2) is 5.50. The fourth-order valence-corrected chi connectivity index (χ4v) is 2.76. The number of nitrogens with zero attached hydrogens (tertiary/aromatic N) is 5. The van der Waals surface area contributed by atoms with Gasteiger partial charge in [-0.15, -0.1) is 0 Å². The molecule has 3 heterocycles. The van der Waals surface area contributed by atoms with Crippen LogP contribution in [-0.4, -0.2) is 26.1 Å². The molecule has 0 saturated carbocycles. The first-order chi connectivity index (χ1) is 11.6. The highest BCUT2D eigenvalue weighted by molar-refractivity contribution is 5.77. The summed E-state index contributed by atoms with van der Waals surface area (Å²) in [5, 5.41) is 7.49. The number of aromatic nitrogens is 2. The van der Waals surface area contributed by atoms with Crippen LogP contribution in [0.3, 0.4) is 0 Å². The molecule has 0 aliphatic carbocycles. The van der Waals surface area contributed by atoms with E-state index in [1.807, 2.05) is 24.3 Å².